The molecule has 1 aliphatic rings. The van der Waals surface area contributed by atoms with Crippen molar-refractivity contribution in [2.75, 3.05) is 20.1 Å². The lowest BCUT2D eigenvalue weighted by molar-refractivity contribution is -0.132. The Balaban J connectivity index is 0.00000243. The van der Waals surface area contributed by atoms with Crippen molar-refractivity contribution in [1.82, 2.24) is 19.4 Å². The number of amides is 1. The van der Waals surface area contributed by atoms with E-state index < -0.39 is 11.2 Å². The fourth-order valence-electron chi connectivity index (χ4n) is 3.02. The van der Waals surface area contributed by atoms with Gasteiger partial charge >= 0.3 is 5.69 Å². The molecule has 1 saturated heterocycles. The predicted molar refractivity (Wildman–Crippen MR) is 102 cm³/mol. The summed E-state index contributed by atoms with van der Waals surface area (Å²) in [5, 5.41) is 3.20. The Kier molecular flexibility index (Phi) is 6.76. The van der Waals surface area contributed by atoms with Crippen LogP contribution in [-0.2, 0) is 17.9 Å². The highest BCUT2D eigenvalue weighted by atomic mass is 35.5. The molecule has 1 atom stereocenters. The van der Waals surface area contributed by atoms with E-state index in [1.54, 1.807) is 11.9 Å². The van der Waals surface area contributed by atoms with Gasteiger partial charge in [0.25, 0.3) is 5.56 Å². The number of halogens is 1. The molecule has 0 spiro atoms. The highest BCUT2D eigenvalue weighted by Crippen LogP contribution is 2.06. The molecular weight excluding hydrogens is 356 g/mol. The maximum Gasteiger partial charge on any atom is 0.331 e. The maximum absolute atomic E-state index is 12.6. The summed E-state index contributed by atoms with van der Waals surface area (Å²) < 4.78 is 2.45. The summed E-state index contributed by atoms with van der Waals surface area (Å²) in [5.74, 6) is -0.231. The molecule has 7 nitrogen and oxygen atoms in total. The Morgan fingerprint density at radius 1 is 1.23 bits per heavy atom. The zero-order chi connectivity index (χ0) is 17.8. The molecule has 1 amide bonds. The first-order valence-corrected chi connectivity index (χ1v) is 8.37. The van der Waals surface area contributed by atoms with Crippen molar-refractivity contribution >= 4 is 18.3 Å². The zero-order valence-electron chi connectivity index (χ0n) is 14.6. The van der Waals surface area contributed by atoms with Gasteiger partial charge < -0.3 is 10.2 Å². The number of likely N-dealkylation sites (N-methyl/N-ethyl adjacent to an activating group) is 1. The van der Waals surface area contributed by atoms with Crippen LogP contribution in [0.4, 0.5) is 0 Å². The summed E-state index contributed by atoms with van der Waals surface area (Å²) in [6, 6.07) is 10.9. The number of nitrogens with one attached hydrogen (secondary N) is 1. The number of carbonyl (C=O) groups excluding carboxylic acids is 1. The van der Waals surface area contributed by atoms with Gasteiger partial charge in [-0.1, -0.05) is 30.3 Å². The second kappa shape index (κ2) is 8.82. The summed E-state index contributed by atoms with van der Waals surface area (Å²) in [7, 11) is 1.72. The smallest absolute Gasteiger partial charge is 0.331 e. The van der Waals surface area contributed by atoms with E-state index in [1.165, 1.54) is 16.8 Å². The average molecular weight is 379 g/mol. The van der Waals surface area contributed by atoms with E-state index in [4.69, 9.17) is 0 Å². The van der Waals surface area contributed by atoms with E-state index in [0.29, 0.717) is 6.54 Å². The van der Waals surface area contributed by atoms with Gasteiger partial charge in [-0.2, -0.15) is 0 Å². The SMILES string of the molecule is CN(C(=O)Cn1c(=O)ccn(Cc2ccccc2)c1=O)C1CCNC1.Cl. The maximum atomic E-state index is 12.6. The van der Waals surface area contributed by atoms with Gasteiger partial charge in [-0.25, -0.2) is 4.79 Å². The molecule has 1 unspecified atom stereocenters. The minimum atomic E-state index is -0.470. The number of aromatic nitrogens is 2. The van der Waals surface area contributed by atoms with Crippen LogP contribution in [0.15, 0.2) is 52.2 Å². The quantitative estimate of drug-likeness (QED) is 0.812. The van der Waals surface area contributed by atoms with Gasteiger partial charge in [-0.05, 0) is 18.5 Å². The summed E-state index contributed by atoms with van der Waals surface area (Å²) in [6.07, 6.45) is 2.35. The second-order valence-electron chi connectivity index (χ2n) is 6.29. The molecule has 3 rings (SSSR count). The molecule has 1 aliphatic heterocycles. The Hall–Kier alpha value is -2.38. The van der Waals surface area contributed by atoms with Crippen LogP contribution in [-0.4, -0.2) is 46.1 Å². The molecule has 1 aromatic heterocycles. The fourth-order valence-corrected chi connectivity index (χ4v) is 3.02. The lowest BCUT2D eigenvalue weighted by Crippen LogP contribution is -2.46. The molecule has 0 saturated carbocycles. The Labute approximate surface area is 157 Å². The van der Waals surface area contributed by atoms with E-state index in [9.17, 15) is 14.4 Å². The van der Waals surface area contributed by atoms with E-state index >= 15 is 0 Å². The predicted octanol–water partition coefficient (Wildman–Crippen LogP) is 0.300. The number of rotatable bonds is 5. The summed E-state index contributed by atoms with van der Waals surface area (Å²) in [6.45, 7) is 1.73. The highest BCUT2D eigenvalue weighted by Gasteiger charge is 2.24. The molecule has 1 aromatic carbocycles. The van der Waals surface area contributed by atoms with Crippen molar-refractivity contribution in [3.63, 3.8) is 0 Å². The minimum Gasteiger partial charge on any atom is -0.340 e. The normalized spacial score (nSPS) is 16.1. The average Bonchev–Trinajstić information content (AvgIpc) is 3.16. The highest BCUT2D eigenvalue weighted by molar-refractivity contribution is 5.85. The van der Waals surface area contributed by atoms with Crippen LogP contribution < -0.4 is 16.6 Å². The third-order valence-electron chi connectivity index (χ3n) is 4.60. The zero-order valence-corrected chi connectivity index (χ0v) is 15.4. The van der Waals surface area contributed by atoms with Crippen LogP contribution in [0.2, 0.25) is 0 Å². The van der Waals surface area contributed by atoms with Crippen LogP contribution in [0, 0.1) is 0 Å². The van der Waals surface area contributed by atoms with Gasteiger partial charge in [0.05, 0.1) is 6.54 Å². The molecule has 2 aromatic rings. The van der Waals surface area contributed by atoms with Crippen molar-refractivity contribution in [3.8, 4) is 0 Å². The second-order valence-corrected chi connectivity index (χ2v) is 6.29. The lowest BCUT2D eigenvalue weighted by atomic mass is 10.2. The van der Waals surface area contributed by atoms with Gasteiger partial charge in [0.1, 0.15) is 6.54 Å². The van der Waals surface area contributed by atoms with Gasteiger partial charge in [0.15, 0.2) is 0 Å². The van der Waals surface area contributed by atoms with Crippen molar-refractivity contribution in [2.24, 2.45) is 0 Å². The van der Waals surface area contributed by atoms with Crippen molar-refractivity contribution in [2.45, 2.75) is 25.6 Å². The molecule has 2 heterocycles. The monoisotopic (exact) mass is 378 g/mol. The van der Waals surface area contributed by atoms with Crippen LogP contribution in [0.5, 0.6) is 0 Å². The Morgan fingerprint density at radius 3 is 2.62 bits per heavy atom. The molecule has 140 valence electrons. The molecule has 1 fully saturated rings. The number of benzene rings is 1. The Bertz CT molecular complexity index is 857. The lowest BCUT2D eigenvalue weighted by Gasteiger charge is -2.24. The number of hydrogen-bond donors (Lipinski definition) is 1. The van der Waals surface area contributed by atoms with Crippen LogP contribution in [0.25, 0.3) is 0 Å². The first-order chi connectivity index (χ1) is 12.1. The minimum absolute atomic E-state index is 0. The summed E-state index contributed by atoms with van der Waals surface area (Å²) >= 11 is 0. The van der Waals surface area contributed by atoms with E-state index in [0.717, 1.165) is 29.6 Å². The largest absolute Gasteiger partial charge is 0.340 e. The van der Waals surface area contributed by atoms with Gasteiger partial charge in [0, 0.05) is 31.9 Å². The van der Waals surface area contributed by atoms with Gasteiger partial charge in [0.2, 0.25) is 5.91 Å². The fraction of sp³-hybridized carbons (Fsp3) is 0.389. The molecule has 0 bridgehead atoms. The number of carbonyl (C=O) groups is 1. The first-order valence-electron chi connectivity index (χ1n) is 8.37. The standard InChI is InChI=1S/C18H22N4O3.ClH/c1-20(15-7-9-19-11-15)17(24)13-22-16(23)8-10-21(18(22)25)12-14-5-3-2-4-6-14;/h2-6,8,10,15,19H,7,9,11-13H2,1H3;1H. The van der Waals surface area contributed by atoms with E-state index in [1.807, 2.05) is 30.3 Å². The molecular formula is C18H23ClN4O3. The molecule has 1 N–H and O–H groups in total. The molecule has 8 heteroatoms. The molecule has 26 heavy (non-hydrogen) atoms. The molecule has 0 aliphatic carbocycles. The van der Waals surface area contributed by atoms with Gasteiger partial charge in [-0.15, -0.1) is 12.4 Å². The third kappa shape index (κ3) is 4.42. The third-order valence-corrected chi connectivity index (χ3v) is 4.60. The van der Waals surface area contributed by atoms with E-state index in [2.05, 4.69) is 5.32 Å². The van der Waals surface area contributed by atoms with Crippen molar-refractivity contribution in [3.05, 3.63) is 69.0 Å². The number of hydrogen-bond acceptors (Lipinski definition) is 4. The summed E-state index contributed by atoms with van der Waals surface area (Å²) in [5.41, 5.74) is 0.0264. The van der Waals surface area contributed by atoms with Crippen molar-refractivity contribution < 1.29 is 4.79 Å². The topological polar surface area (TPSA) is 76.3 Å². The van der Waals surface area contributed by atoms with E-state index in [-0.39, 0.29) is 30.9 Å². The van der Waals surface area contributed by atoms with Crippen molar-refractivity contribution in [1.29, 1.82) is 0 Å². The van der Waals surface area contributed by atoms with Gasteiger partial charge in [-0.3, -0.25) is 18.7 Å². The van der Waals surface area contributed by atoms with Crippen LogP contribution >= 0.6 is 12.4 Å². The van der Waals surface area contributed by atoms with Crippen LogP contribution in [0.3, 0.4) is 0 Å². The Morgan fingerprint density at radius 2 is 1.96 bits per heavy atom. The number of nitrogens with zero attached hydrogens (tertiary/aromatic N) is 3. The summed E-state index contributed by atoms with van der Waals surface area (Å²) in [4.78, 5) is 38.8. The molecule has 0 radical (unpaired) electrons. The van der Waals surface area contributed by atoms with Crippen LogP contribution in [0.1, 0.15) is 12.0 Å². The first kappa shape index (κ1) is 19.9.